The maximum atomic E-state index is 12.9. The summed E-state index contributed by atoms with van der Waals surface area (Å²) in [6, 6.07) is 11.9. The van der Waals surface area contributed by atoms with Gasteiger partial charge in [-0.1, -0.05) is 26.8 Å². The molecule has 1 aromatic rings. The molecule has 1 unspecified atom stereocenters. The van der Waals surface area contributed by atoms with Crippen molar-refractivity contribution in [3.8, 4) is 11.3 Å². The number of carbonyl (C=O) groups is 3. The largest absolute Gasteiger partial charge is 1.00 e. The van der Waals surface area contributed by atoms with Crippen LogP contribution >= 0.6 is 0 Å². The van der Waals surface area contributed by atoms with E-state index in [1.54, 1.807) is 44.3 Å². The van der Waals surface area contributed by atoms with Gasteiger partial charge >= 0.3 is 35.5 Å². The van der Waals surface area contributed by atoms with Gasteiger partial charge in [-0.25, -0.2) is 26.2 Å². The number of nitrogens with zero attached hydrogens (tertiary/aromatic N) is 3. The number of hydrogen-bond donors (Lipinski definition) is 0. The summed E-state index contributed by atoms with van der Waals surface area (Å²) >= 11 is 0. The molecule has 5 rings (SSSR count). The van der Waals surface area contributed by atoms with Gasteiger partial charge in [0.1, 0.15) is 34.9 Å². The fourth-order valence-electron chi connectivity index (χ4n) is 8.02. The summed E-state index contributed by atoms with van der Waals surface area (Å²) in [5.74, 6) is -1.64. The summed E-state index contributed by atoms with van der Waals surface area (Å²) in [5.41, 5.74) is 1.93. The fourth-order valence-corrected chi connectivity index (χ4v) is 9.00. The Morgan fingerprint density at radius 2 is 1.52 bits per heavy atom. The van der Waals surface area contributed by atoms with Gasteiger partial charge < -0.3 is 42.2 Å². The molecule has 1 aliphatic carbocycles. The van der Waals surface area contributed by atoms with Crippen LogP contribution < -0.4 is 44.4 Å². The second-order valence-corrected chi connectivity index (χ2v) is 20.1. The van der Waals surface area contributed by atoms with Crippen LogP contribution in [-0.4, -0.2) is 128 Å². The number of fused-ring (bicyclic) bond motifs is 2. The molecule has 0 radical (unpaired) electrons. The molecule has 1 atom stereocenters. The van der Waals surface area contributed by atoms with Crippen molar-refractivity contribution in [2.45, 2.75) is 81.9 Å². The van der Waals surface area contributed by atoms with E-state index in [-0.39, 0.29) is 80.0 Å². The third kappa shape index (κ3) is 15.3. The van der Waals surface area contributed by atoms with Crippen molar-refractivity contribution < 1.29 is 98.1 Å². The van der Waals surface area contributed by atoms with E-state index in [0.717, 1.165) is 16.5 Å². The van der Waals surface area contributed by atoms with Gasteiger partial charge in [0.05, 0.1) is 47.5 Å². The second-order valence-electron chi connectivity index (χ2n) is 17.2. The monoisotopic (exact) mass is 981 g/mol. The van der Waals surface area contributed by atoms with Crippen molar-refractivity contribution in [1.82, 2.24) is 9.64 Å². The van der Waals surface area contributed by atoms with E-state index in [2.05, 4.69) is 25.3 Å². The zero-order valence-corrected chi connectivity index (χ0v) is 43.0. The summed E-state index contributed by atoms with van der Waals surface area (Å²) in [4.78, 5) is 43.4. The van der Waals surface area contributed by atoms with Crippen molar-refractivity contribution in [2.24, 2.45) is 0 Å². The minimum absolute atomic E-state index is 0. The maximum absolute atomic E-state index is 12.9. The topological polar surface area (TPSA) is 234 Å². The maximum Gasteiger partial charge on any atom is 1.00 e. The van der Waals surface area contributed by atoms with Gasteiger partial charge in [0.2, 0.25) is 5.36 Å². The number of hydrogen-bond acceptors (Lipinski definition) is 16. The van der Waals surface area contributed by atoms with Crippen LogP contribution in [0.1, 0.15) is 83.1 Å². The van der Waals surface area contributed by atoms with Crippen molar-refractivity contribution in [3.05, 3.63) is 82.6 Å². The number of carbonyl (C=O) groups excluding carboxylic acids is 3. The summed E-state index contributed by atoms with van der Waals surface area (Å²) in [6.45, 7) is 12.0. The van der Waals surface area contributed by atoms with Gasteiger partial charge in [0.15, 0.2) is 13.1 Å². The minimum atomic E-state index is -4.92. The molecular formula is C46H60N3NaO15S2. The molecule has 3 heterocycles. The molecule has 21 heteroatoms. The van der Waals surface area contributed by atoms with Gasteiger partial charge in [-0.15, -0.1) is 5.06 Å². The van der Waals surface area contributed by atoms with E-state index in [4.69, 9.17) is 28.2 Å². The molecular weight excluding hydrogens is 922 g/mol. The normalized spacial score (nSPS) is 17.2. The first-order valence-corrected chi connectivity index (χ1v) is 24.7. The Kier molecular flexibility index (Phi) is 20.5. The number of amides is 2. The van der Waals surface area contributed by atoms with Crippen LogP contribution in [0.25, 0.3) is 17.4 Å². The number of methoxy groups -OCH3 is 2. The molecule has 3 aliphatic heterocycles. The number of anilines is 1. The Balaban J connectivity index is 0.00000980. The van der Waals surface area contributed by atoms with Gasteiger partial charge in [-0.05, 0) is 85.2 Å². The van der Waals surface area contributed by atoms with E-state index in [0.29, 0.717) is 86.3 Å². The van der Waals surface area contributed by atoms with Gasteiger partial charge in [0.25, 0.3) is 11.8 Å². The average molecular weight is 982 g/mol. The molecule has 0 bridgehead atoms. The Hall–Kier alpha value is -3.80. The molecule has 362 valence electrons. The smallest absolute Gasteiger partial charge is 0.748 e. The zero-order valence-electron chi connectivity index (χ0n) is 39.4. The van der Waals surface area contributed by atoms with Crippen molar-refractivity contribution in [3.63, 3.8) is 0 Å². The molecule has 0 spiro atoms. The van der Waals surface area contributed by atoms with E-state index < -0.39 is 54.1 Å². The molecule has 0 N–H and O–H groups in total. The minimum Gasteiger partial charge on any atom is -0.748 e. The Morgan fingerprint density at radius 1 is 0.881 bits per heavy atom. The number of imide groups is 1. The van der Waals surface area contributed by atoms with Crippen LogP contribution in [0.4, 0.5) is 5.69 Å². The molecule has 1 aromatic carbocycles. The summed E-state index contributed by atoms with van der Waals surface area (Å²) < 4.78 is 103. The number of allylic oxidation sites excluding steroid dienone is 3. The predicted octanol–water partition coefficient (Wildman–Crippen LogP) is 1.08. The third-order valence-corrected chi connectivity index (χ3v) is 13.0. The van der Waals surface area contributed by atoms with Crippen LogP contribution in [0.5, 0.6) is 0 Å². The van der Waals surface area contributed by atoms with Gasteiger partial charge in [-0.3, -0.25) is 9.59 Å². The van der Waals surface area contributed by atoms with E-state index >= 15 is 0 Å². The quantitative estimate of drug-likeness (QED) is 0.0402. The van der Waals surface area contributed by atoms with E-state index in [1.165, 1.54) is 18.2 Å². The van der Waals surface area contributed by atoms with E-state index in [9.17, 15) is 40.3 Å². The number of hydroxylamine groups is 2. The first-order valence-electron chi connectivity index (χ1n) is 21.7. The fraction of sp³-hybridized carbons (Fsp3) is 0.522. The Morgan fingerprint density at radius 3 is 2.10 bits per heavy atom. The van der Waals surface area contributed by atoms with Crippen molar-refractivity contribution >= 4 is 49.8 Å². The summed E-state index contributed by atoms with van der Waals surface area (Å²) in [5, 5.41) is 1.35. The van der Waals surface area contributed by atoms with Gasteiger partial charge in [0, 0.05) is 74.2 Å². The van der Waals surface area contributed by atoms with Crippen LogP contribution in [0.3, 0.4) is 0 Å². The van der Waals surface area contributed by atoms with Crippen molar-refractivity contribution in [2.75, 3.05) is 84.1 Å². The third-order valence-electron chi connectivity index (χ3n) is 11.4. The molecule has 4 aliphatic rings. The van der Waals surface area contributed by atoms with Gasteiger partial charge in [-0.2, -0.15) is 0 Å². The molecule has 0 aromatic heterocycles. The zero-order chi connectivity index (χ0) is 48.3. The summed E-state index contributed by atoms with van der Waals surface area (Å²) in [7, 11) is -6.28. The second kappa shape index (κ2) is 24.7. The van der Waals surface area contributed by atoms with Crippen LogP contribution in [0.2, 0.25) is 0 Å². The molecule has 0 saturated carbocycles. The molecule has 1 saturated heterocycles. The van der Waals surface area contributed by atoms with Crippen molar-refractivity contribution in [1.29, 1.82) is 0 Å². The predicted molar refractivity (Wildman–Crippen MR) is 241 cm³/mol. The number of benzene rings is 2. The van der Waals surface area contributed by atoms with Crippen LogP contribution in [0, 0.1) is 0 Å². The average Bonchev–Trinajstić information content (AvgIpc) is 3.68. The Bertz CT molecular complexity index is 2520. The number of ether oxygens (including phenoxy) is 4. The standard InChI is InChI=1S/C46H61N3O15S2.Na/c1-45(2,3)37-31-34(63-40-30-33(13-15-36(37)40)47(21-23-61-27-25-59-5)22-24-62-28-26-60-6)10-7-11-41-46(4,19-8-12-44(52)64-49-42(50)17-18-43(49)51)38-32-35(66(56,57)58)14-16-39(38)48(41)20-9-29-65(53,54)55;/h7,10-11,13-16,30-32H,8-9,12,17-29H2,1-6H3,(H-,53,54,55,56,57,58);/q;+1/p-1. The molecule has 67 heavy (non-hydrogen) atoms. The van der Waals surface area contributed by atoms with Crippen LogP contribution in [0.15, 0.2) is 69.6 Å². The molecule has 2 amide bonds. The first-order chi connectivity index (χ1) is 31.2. The number of rotatable bonds is 24. The molecule has 1 fully saturated rings. The summed E-state index contributed by atoms with van der Waals surface area (Å²) in [6.07, 6.45) is 5.09. The van der Waals surface area contributed by atoms with Crippen LogP contribution in [-0.2, 0) is 69.2 Å². The SMILES string of the molecule is COCCOCC[N+](CCOCCOC)=c1ccc2c(C(C)(C)C)cc(/C=C/C=C3/N(CCCS(=O)(=O)[O-])c4ccc(S(=O)(=O)[O-])cc4C3(C)CCCC(=O)ON3C(=O)CCC3=O)oc-2c1.[Na+]. The Labute approximate surface area is 415 Å². The van der Waals surface area contributed by atoms with E-state index in [1.807, 2.05) is 24.3 Å². The molecule has 18 nitrogen and oxygen atoms in total. The first kappa shape index (κ1) is 55.8.